The van der Waals surface area contributed by atoms with Crippen LogP contribution in [0.5, 0.6) is 5.75 Å². The van der Waals surface area contributed by atoms with Crippen LogP contribution in [0, 0.1) is 0 Å². The number of hydrogen-bond acceptors (Lipinski definition) is 3. The molecule has 1 aromatic rings. The van der Waals surface area contributed by atoms with Gasteiger partial charge < -0.3 is 10.1 Å². The number of ether oxygens (including phenoxy) is 1. The second kappa shape index (κ2) is 4.98. The highest BCUT2D eigenvalue weighted by atomic mass is 35.5. The van der Waals surface area contributed by atoms with Gasteiger partial charge in [0.1, 0.15) is 5.75 Å². The molecule has 1 aromatic carbocycles. The van der Waals surface area contributed by atoms with Crippen molar-refractivity contribution in [3.8, 4) is 5.75 Å². The Hall–Kier alpha value is -1.06. The Balaban J connectivity index is 3.10. The molecule has 0 saturated carbocycles. The van der Waals surface area contributed by atoms with E-state index in [1.165, 1.54) is 7.11 Å². The van der Waals surface area contributed by atoms with Gasteiger partial charge in [-0.1, -0.05) is 17.7 Å². The van der Waals surface area contributed by atoms with E-state index in [1.54, 1.807) is 25.2 Å². The molecular weight excluding hydrogens is 202 g/mol. The first kappa shape index (κ1) is 11.0. The van der Waals surface area contributed by atoms with Crippen molar-refractivity contribution >= 4 is 17.4 Å². The molecule has 1 rings (SSSR count). The summed E-state index contributed by atoms with van der Waals surface area (Å²) in [6, 6.07) is 5.14. The summed E-state index contributed by atoms with van der Waals surface area (Å²) in [7, 11) is 3.23. The largest absolute Gasteiger partial charge is 0.496 e. The number of nitrogens with one attached hydrogen (secondary N) is 1. The minimum absolute atomic E-state index is 0.0741. The maximum absolute atomic E-state index is 11.6. The molecule has 0 bridgehead atoms. The van der Waals surface area contributed by atoms with Gasteiger partial charge in [0, 0.05) is 0 Å². The van der Waals surface area contributed by atoms with Gasteiger partial charge in [-0.2, -0.15) is 0 Å². The van der Waals surface area contributed by atoms with Crippen molar-refractivity contribution in [1.82, 2.24) is 5.32 Å². The third-order valence-corrected chi connectivity index (χ3v) is 2.13. The molecule has 0 heterocycles. The second-order valence-electron chi connectivity index (χ2n) is 2.77. The van der Waals surface area contributed by atoms with Crippen LogP contribution in [0.3, 0.4) is 0 Å². The van der Waals surface area contributed by atoms with Crippen LogP contribution in [0.15, 0.2) is 18.2 Å². The number of rotatable bonds is 4. The highest BCUT2D eigenvalue weighted by Gasteiger charge is 2.14. The lowest BCUT2D eigenvalue weighted by Gasteiger charge is -2.08. The summed E-state index contributed by atoms with van der Waals surface area (Å²) in [5, 5.41) is 3.20. The number of Topliss-reactive ketones (excluding diaryl/α,β-unsaturated/α-hetero) is 1. The van der Waals surface area contributed by atoms with Crippen LogP contribution in [-0.4, -0.2) is 26.5 Å². The first-order chi connectivity index (χ1) is 6.70. The Morgan fingerprint density at radius 2 is 2.29 bits per heavy atom. The predicted molar refractivity (Wildman–Crippen MR) is 56.3 cm³/mol. The zero-order valence-electron chi connectivity index (χ0n) is 8.13. The Bertz CT molecular complexity index is 339. The van der Waals surface area contributed by atoms with Gasteiger partial charge in [-0.25, -0.2) is 0 Å². The molecule has 14 heavy (non-hydrogen) atoms. The van der Waals surface area contributed by atoms with Crippen LogP contribution >= 0.6 is 11.6 Å². The Labute approximate surface area is 88.0 Å². The maximum atomic E-state index is 11.6. The number of carbonyl (C=O) groups excluding carboxylic acids is 1. The molecule has 0 fully saturated rings. The van der Waals surface area contributed by atoms with Crippen LogP contribution in [0.25, 0.3) is 0 Å². The molecule has 0 radical (unpaired) electrons. The lowest BCUT2D eigenvalue weighted by atomic mass is 10.1. The number of methoxy groups -OCH3 is 1. The fourth-order valence-corrected chi connectivity index (χ4v) is 1.47. The molecule has 0 atom stereocenters. The minimum atomic E-state index is -0.0741. The summed E-state index contributed by atoms with van der Waals surface area (Å²) in [5.41, 5.74) is 0.436. The molecule has 0 aliphatic heterocycles. The zero-order valence-corrected chi connectivity index (χ0v) is 8.89. The van der Waals surface area contributed by atoms with Gasteiger partial charge in [0.15, 0.2) is 5.78 Å². The van der Waals surface area contributed by atoms with Crippen LogP contribution in [-0.2, 0) is 0 Å². The molecule has 0 unspecified atom stereocenters. The van der Waals surface area contributed by atoms with Crippen LogP contribution in [0.1, 0.15) is 10.4 Å². The van der Waals surface area contributed by atoms with Crippen LogP contribution in [0.4, 0.5) is 0 Å². The molecule has 0 aromatic heterocycles. The first-order valence-corrected chi connectivity index (χ1v) is 4.58. The smallest absolute Gasteiger partial charge is 0.181 e. The summed E-state index contributed by atoms with van der Waals surface area (Å²) in [4.78, 5) is 11.6. The standard InChI is InChI=1S/C10H12ClNO2/c1-12-6-8(13)10-7(11)4-3-5-9(10)14-2/h3-5,12H,6H2,1-2H3. The van der Waals surface area contributed by atoms with Gasteiger partial charge in [0.25, 0.3) is 0 Å². The SMILES string of the molecule is CNCC(=O)c1c(Cl)cccc1OC. The van der Waals surface area contributed by atoms with E-state index < -0.39 is 0 Å². The van der Waals surface area contributed by atoms with E-state index in [9.17, 15) is 4.79 Å². The van der Waals surface area contributed by atoms with Crippen LogP contribution < -0.4 is 10.1 Å². The van der Waals surface area contributed by atoms with Crippen molar-refractivity contribution in [2.75, 3.05) is 20.7 Å². The highest BCUT2D eigenvalue weighted by molar-refractivity contribution is 6.34. The summed E-state index contributed by atoms with van der Waals surface area (Å²) >= 11 is 5.91. The molecule has 1 N–H and O–H groups in total. The number of hydrogen-bond donors (Lipinski definition) is 1. The van der Waals surface area contributed by atoms with E-state index in [4.69, 9.17) is 16.3 Å². The topological polar surface area (TPSA) is 38.3 Å². The average molecular weight is 214 g/mol. The molecule has 0 aliphatic rings. The Morgan fingerprint density at radius 1 is 1.57 bits per heavy atom. The monoisotopic (exact) mass is 213 g/mol. The van der Waals surface area contributed by atoms with E-state index in [-0.39, 0.29) is 12.3 Å². The highest BCUT2D eigenvalue weighted by Crippen LogP contribution is 2.26. The van der Waals surface area contributed by atoms with E-state index in [0.29, 0.717) is 16.3 Å². The number of likely N-dealkylation sites (N-methyl/N-ethyl adjacent to an activating group) is 1. The molecule has 0 spiro atoms. The number of halogens is 1. The Morgan fingerprint density at radius 3 is 2.86 bits per heavy atom. The summed E-state index contributed by atoms with van der Waals surface area (Å²) < 4.78 is 5.06. The summed E-state index contributed by atoms with van der Waals surface area (Å²) in [6.45, 7) is 0.250. The minimum Gasteiger partial charge on any atom is -0.496 e. The van der Waals surface area contributed by atoms with E-state index in [2.05, 4.69) is 5.32 Å². The molecule has 76 valence electrons. The lowest BCUT2D eigenvalue weighted by molar-refractivity contribution is 0.0991. The summed E-state index contributed by atoms with van der Waals surface area (Å²) in [6.07, 6.45) is 0. The van der Waals surface area contributed by atoms with Gasteiger partial charge in [-0.3, -0.25) is 4.79 Å². The quantitative estimate of drug-likeness (QED) is 0.775. The van der Waals surface area contributed by atoms with E-state index >= 15 is 0 Å². The van der Waals surface area contributed by atoms with Gasteiger partial charge >= 0.3 is 0 Å². The lowest BCUT2D eigenvalue weighted by Crippen LogP contribution is -2.19. The third-order valence-electron chi connectivity index (χ3n) is 1.81. The molecule has 4 heteroatoms. The predicted octanol–water partition coefficient (Wildman–Crippen LogP) is 1.75. The van der Waals surface area contributed by atoms with Gasteiger partial charge in [-0.05, 0) is 19.2 Å². The first-order valence-electron chi connectivity index (χ1n) is 4.21. The zero-order chi connectivity index (χ0) is 10.6. The van der Waals surface area contributed by atoms with E-state index in [1.807, 2.05) is 0 Å². The van der Waals surface area contributed by atoms with Crippen molar-refractivity contribution in [1.29, 1.82) is 0 Å². The number of carbonyl (C=O) groups is 1. The van der Waals surface area contributed by atoms with Crippen molar-refractivity contribution in [2.45, 2.75) is 0 Å². The van der Waals surface area contributed by atoms with Crippen molar-refractivity contribution in [3.63, 3.8) is 0 Å². The molecule has 3 nitrogen and oxygen atoms in total. The number of benzene rings is 1. The van der Waals surface area contributed by atoms with Crippen molar-refractivity contribution < 1.29 is 9.53 Å². The third kappa shape index (κ3) is 2.25. The van der Waals surface area contributed by atoms with Crippen LogP contribution in [0.2, 0.25) is 5.02 Å². The number of ketones is 1. The fourth-order valence-electron chi connectivity index (χ4n) is 1.19. The van der Waals surface area contributed by atoms with Crippen molar-refractivity contribution in [3.05, 3.63) is 28.8 Å². The summed E-state index contributed by atoms with van der Waals surface area (Å²) in [5.74, 6) is 0.438. The van der Waals surface area contributed by atoms with E-state index in [0.717, 1.165) is 0 Å². The maximum Gasteiger partial charge on any atom is 0.181 e. The van der Waals surface area contributed by atoms with Gasteiger partial charge in [-0.15, -0.1) is 0 Å². The van der Waals surface area contributed by atoms with Crippen molar-refractivity contribution in [2.24, 2.45) is 0 Å². The molecule has 0 amide bonds. The normalized spacial score (nSPS) is 9.93. The average Bonchev–Trinajstić information content (AvgIpc) is 2.17. The fraction of sp³-hybridized carbons (Fsp3) is 0.300. The molecule has 0 saturated heterocycles. The second-order valence-corrected chi connectivity index (χ2v) is 3.18. The molecular formula is C10H12ClNO2. The van der Waals surface area contributed by atoms with Gasteiger partial charge in [0.2, 0.25) is 0 Å². The molecule has 0 aliphatic carbocycles. The van der Waals surface area contributed by atoms with Gasteiger partial charge in [0.05, 0.1) is 24.2 Å². The Kier molecular flexibility index (Phi) is 3.92.